The normalized spacial score (nSPS) is 30.0. The Morgan fingerprint density at radius 2 is 2.29 bits per heavy atom. The van der Waals surface area contributed by atoms with Crippen molar-refractivity contribution in [3.63, 3.8) is 0 Å². The molecule has 0 radical (unpaired) electrons. The molecule has 2 heterocycles. The van der Waals surface area contributed by atoms with E-state index in [1.54, 1.807) is 0 Å². The first-order chi connectivity index (χ1) is 8.29. The average molecular weight is 251 g/mol. The molecule has 0 amide bonds. The number of aromatic nitrogens is 1. The Hall–Kier alpha value is -0.450. The third-order valence-electron chi connectivity index (χ3n) is 3.93. The molecule has 17 heavy (non-hydrogen) atoms. The highest BCUT2D eigenvalue weighted by Gasteiger charge is 2.43. The number of hydrogen-bond acceptors (Lipinski definition) is 4. The van der Waals surface area contributed by atoms with Crippen molar-refractivity contribution in [3.8, 4) is 0 Å². The van der Waals surface area contributed by atoms with Crippen LogP contribution in [0.1, 0.15) is 36.0 Å². The second-order valence-corrected chi connectivity index (χ2v) is 6.24. The van der Waals surface area contributed by atoms with E-state index < -0.39 is 0 Å². The zero-order valence-corrected chi connectivity index (χ0v) is 11.5. The lowest BCUT2D eigenvalue weighted by atomic mass is 10.0. The van der Waals surface area contributed by atoms with E-state index >= 15 is 0 Å². The van der Waals surface area contributed by atoms with Crippen LogP contribution in [0.2, 0.25) is 0 Å². The molecule has 0 bridgehead atoms. The van der Waals surface area contributed by atoms with Crippen LogP contribution in [0.4, 0.5) is 0 Å². The third kappa shape index (κ3) is 2.26. The molecule has 2 aliphatic rings. The molecular formula is C13H21N3S. The van der Waals surface area contributed by atoms with Crippen LogP contribution in [0.25, 0.3) is 0 Å². The van der Waals surface area contributed by atoms with E-state index in [-0.39, 0.29) is 0 Å². The fraction of sp³-hybridized carbons (Fsp3) is 0.769. The van der Waals surface area contributed by atoms with Crippen LogP contribution in [0.3, 0.4) is 0 Å². The smallest absolute Gasteiger partial charge is 0.110 e. The van der Waals surface area contributed by atoms with Crippen molar-refractivity contribution in [3.05, 3.63) is 16.1 Å². The highest BCUT2D eigenvalue weighted by atomic mass is 32.1. The summed E-state index contributed by atoms with van der Waals surface area (Å²) in [6.45, 7) is 4.48. The summed E-state index contributed by atoms with van der Waals surface area (Å²) in [6, 6.07) is 1.43. The molecule has 1 saturated carbocycles. The second kappa shape index (κ2) is 4.67. The summed E-state index contributed by atoms with van der Waals surface area (Å²) in [6.07, 6.45) is 4.11. The van der Waals surface area contributed by atoms with Gasteiger partial charge in [-0.2, -0.15) is 0 Å². The first-order valence-corrected chi connectivity index (χ1v) is 7.50. The van der Waals surface area contributed by atoms with Gasteiger partial charge in [0.1, 0.15) is 5.01 Å². The Morgan fingerprint density at radius 1 is 1.47 bits per heavy atom. The van der Waals surface area contributed by atoms with Gasteiger partial charge in [0, 0.05) is 17.1 Å². The zero-order valence-electron chi connectivity index (χ0n) is 10.6. The van der Waals surface area contributed by atoms with Gasteiger partial charge in [0.05, 0.1) is 6.04 Å². The Kier molecular flexibility index (Phi) is 3.19. The molecule has 1 aromatic rings. The standard InChI is InChI=1S/C13H21N3S/c1-9-8-17-13(15-9)12-10(7-14-2)5-6-16(12)11-3-4-11/h8,10-12,14H,3-7H2,1-2H3. The van der Waals surface area contributed by atoms with Gasteiger partial charge < -0.3 is 5.32 Å². The summed E-state index contributed by atoms with van der Waals surface area (Å²) in [5.41, 5.74) is 1.18. The molecule has 2 unspecified atom stereocenters. The molecule has 2 atom stereocenters. The van der Waals surface area contributed by atoms with Gasteiger partial charge in [-0.15, -0.1) is 11.3 Å². The molecule has 0 spiro atoms. The molecule has 1 aliphatic heterocycles. The van der Waals surface area contributed by atoms with Crippen LogP contribution >= 0.6 is 11.3 Å². The van der Waals surface area contributed by atoms with E-state index in [1.807, 2.05) is 11.3 Å². The van der Waals surface area contributed by atoms with Crippen molar-refractivity contribution in [1.29, 1.82) is 0 Å². The minimum absolute atomic E-state index is 0.577. The van der Waals surface area contributed by atoms with E-state index in [0.29, 0.717) is 6.04 Å². The molecule has 0 aromatic carbocycles. The number of nitrogens with one attached hydrogen (secondary N) is 1. The summed E-state index contributed by atoms with van der Waals surface area (Å²) >= 11 is 1.84. The molecule has 1 N–H and O–H groups in total. The molecular weight excluding hydrogens is 230 g/mol. The van der Waals surface area contributed by atoms with E-state index in [4.69, 9.17) is 4.98 Å². The van der Waals surface area contributed by atoms with Gasteiger partial charge in [0.25, 0.3) is 0 Å². The fourth-order valence-electron chi connectivity index (χ4n) is 3.03. The number of thiazole rings is 1. The lowest BCUT2D eigenvalue weighted by molar-refractivity contribution is 0.217. The maximum absolute atomic E-state index is 4.73. The minimum atomic E-state index is 0.577. The Labute approximate surface area is 107 Å². The van der Waals surface area contributed by atoms with Crippen LogP contribution in [-0.2, 0) is 0 Å². The molecule has 1 aromatic heterocycles. The highest BCUT2D eigenvalue weighted by Crippen LogP contribution is 2.44. The van der Waals surface area contributed by atoms with Crippen molar-refractivity contribution < 1.29 is 0 Å². The third-order valence-corrected chi connectivity index (χ3v) is 4.97. The fourth-order valence-corrected chi connectivity index (χ4v) is 4.03. The van der Waals surface area contributed by atoms with E-state index in [1.165, 1.54) is 36.5 Å². The maximum Gasteiger partial charge on any atom is 0.110 e. The lowest BCUT2D eigenvalue weighted by Crippen LogP contribution is -2.30. The zero-order chi connectivity index (χ0) is 11.8. The van der Waals surface area contributed by atoms with Crippen LogP contribution in [0, 0.1) is 12.8 Å². The van der Waals surface area contributed by atoms with E-state index in [9.17, 15) is 0 Å². The average Bonchev–Trinajstić information content (AvgIpc) is 2.94. The van der Waals surface area contributed by atoms with Crippen molar-refractivity contribution in [2.45, 2.75) is 38.3 Å². The Balaban J connectivity index is 1.83. The second-order valence-electron chi connectivity index (χ2n) is 5.35. The summed E-state index contributed by atoms with van der Waals surface area (Å²) in [5, 5.41) is 6.88. The van der Waals surface area contributed by atoms with E-state index in [2.05, 4.69) is 29.6 Å². The summed E-state index contributed by atoms with van der Waals surface area (Å²) in [4.78, 5) is 7.44. The number of aryl methyl sites for hydroxylation is 1. The van der Waals surface area contributed by atoms with Gasteiger partial charge in [-0.25, -0.2) is 4.98 Å². The first-order valence-electron chi connectivity index (χ1n) is 6.62. The SMILES string of the molecule is CNCC1CCN(C2CC2)C1c1nc(C)cs1. The van der Waals surface area contributed by atoms with Crippen molar-refractivity contribution in [1.82, 2.24) is 15.2 Å². The number of likely N-dealkylation sites (tertiary alicyclic amines) is 1. The predicted molar refractivity (Wildman–Crippen MR) is 71.4 cm³/mol. The van der Waals surface area contributed by atoms with Gasteiger partial charge in [-0.3, -0.25) is 4.90 Å². The monoisotopic (exact) mass is 251 g/mol. The van der Waals surface area contributed by atoms with Crippen LogP contribution in [0.5, 0.6) is 0 Å². The van der Waals surface area contributed by atoms with Gasteiger partial charge >= 0.3 is 0 Å². The largest absolute Gasteiger partial charge is 0.319 e. The first kappa shape index (κ1) is 11.6. The number of rotatable bonds is 4. The lowest BCUT2D eigenvalue weighted by Gasteiger charge is -2.26. The molecule has 2 fully saturated rings. The molecule has 1 saturated heterocycles. The topological polar surface area (TPSA) is 28.2 Å². The summed E-state index contributed by atoms with van der Waals surface area (Å²) in [7, 11) is 2.06. The minimum Gasteiger partial charge on any atom is -0.319 e. The Bertz CT molecular complexity index is 386. The molecule has 4 heteroatoms. The van der Waals surface area contributed by atoms with Gasteiger partial charge in [0.2, 0.25) is 0 Å². The highest BCUT2D eigenvalue weighted by molar-refractivity contribution is 7.09. The molecule has 3 nitrogen and oxygen atoms in total. The maximum atomic E-state index is 4.73. The molecule has 94 valence electrons. The van der Waals surface area contributed by atoms with Gasteiger partial charge in [0.15, 0.2) is 0 Å². The molecule has 1 aliphatic carbocycles. The van der Waals surface area contributed by atoms with Crippen molar-refractivity contribution >= 4 is 11.3 Å². The predicted octanol–water partition coefficient (Wildman–Crippen LogP) is 2.20. The summed E-state index contributed by atoms with van der Waals surface area (Å²) in [5.74, 6) is 0.742. The van der Waals surface area contributed by atoms with Crippen LogP contribution < -0.4 is 5.32 Å². The van der Waals surface area contributed by atoms with Gasteiger partial charge in [-0.05, 0) is 52.2 Å². The van der Waals surface area contributed by atoms with Crippen molar-refractivity contribution in [2.24, 2.45) is 5.92 Å². The van der Waals surface area contributed by atoms with Gasteiger partial charge in [-0.1, -0.05) is 0 Å². The number of nitrogens with zero attached hydrogens (tertiary/aromatic N) is 2. The number of hydrogen-bond donors (Lipinski definition) is 1. The van der Waals surface area contributed by atoms with Crippen LogP contribution in [-0.4, -0.2) is 36.1 Å². The van der Waals surface area contributed by atoms with Crippen molar-refractivity contribution in [2.75, 3.05) is 20.1 Å². The Morgan fingerprint density at radius 3 is 2.88 bits per heavy atom. The van der Waals surface area contributed by atoms with Crippen LogP contribution in [0.15, 0.2) is 5.38 Å². The quantitative estimate of drug-likeness (QED) is 0.889. The summed E-state index contributed by atoms with van der Waals surface area (Å²) < 4.78 is 0. The molecule has 3 rings (SSSR count). The van der Waals surface area contributed by atoms with E-state index in [0.717, 1.165) is 18.5 Å².